The van der Waals surface area contributed by atoms with E-state index in [1.807, 2.05) is 46.7 Å². The van der Waals surface area contributed by atoms with E-state index in [0.29, 0.717) is 28.9 Å². The maximum atomic E-state index is 12.4. The Kier molecular flexibility index (Phi) is 5.20. The molecule has 0 N–H and O–H groups in total. The molecule has 0 bridgehead atoms. The van der Waals surface area contributed by atoms with Gasteiger partial charge in [0.15, 0.2) is 6.61 Å². The molecule has 4 rings (SSSR count). The van der Waals surface area contributed by atoms with Gasteiger partial charge in [-0.05, 0) is 42.3 Å². The van der Waals surface area contributed by atoms with Crippen LogP contribution in [0.1, 0.15) is 19.8 Å². The van der Waals surface area contributed by atoms with Crippen molar-refractivity contribution in [3.63, 3.8) is 0 Å². The highest BCUT2D eigenvalue weighted by molar-refractivity contribution is 7.13. The summed E-state index contributed by atoms with van der Waals surface area (Å²) < 4.78 is 11.2. The number of hydrogen-bond donors (Lipinski definition) is 0. The SMILES string of the molecule is CC1CCN(C(=O)COc2ccccc2-c2noc(-c3cccs3)n2)CC1. The summed E-state index contributed by atoms with van der Waals surface area (Å²) in [6, 6.07) is 11.3. The van der Waals surface area contributed by atoms with Gasteiger partial charge in [-0.15, -0.1) is 11.3 Å². The van der Waals surface area contributed by atoms with Crippen molar-refractivity contribution in [3.8, 4) is 27.9 Å². The zero-order chi connectivity index (χ0) is 18.6. The van der Waals surface area contributed by atoms with E-state index in [1.54, 1.807) is 11.3 Å². The summed E-state index contributed by atoms with van der Waals surface area (Å²) in [5, 5.41) is 6.04. The summed E-state index contributed by atoms with van der Waals surface area (Å²) in [5.74, 6) is 2.21. The average molecular weight is 383 g/mol. The van der Waals surface area contributed by atoms with E-state index in [0.717, 1.165) is 30.8 Å². The molecule has 0 radical (unpaired) electrons. The van der Waals surface area contributed by atoms with Crippen molar-refractivity contribution >= 4 is 17.2 Å². The maximum Gasteiger partial charge on any atom is 0.268 e. The Bertz CT molecular complexity index is 899. The van der Waals surface area contributed by atoms with Crippen LogP contribution in [-0.2, 0) is 4.79 Å². The highest BCUT2D eigenvalue weighted by Gasteiger charge is 2.21. The van der Waals surface area contributed by atoms with E-state index < -0.39 is 0 Å². The fourth-order valence-corrected chi connectivity index (χ4v) is 3.74. The van der Waals surface area contributed by atoms with Crippen LogP contribution in [0.2, 0.25) is 0 Å². The van der Waals surface area contributed by atoms with Crippen LogP contribution < -0.4 is 4.74 Å². The number of hydrogen-bond acceptors (Lipinski definition) is 6. The molecule has 0 spiro atoms. The minimum Gasteiger partial charge on any atom is -0.483 e. The molecule has 2 aromatic heterocycles. The van der Waals surface area contributed by atoms with Crippen molar-refractivity contribution < 1.29 is 14.1 Å². The van der Waals surface area contributed by atoms with Gasteiger partial charge in [-0.2, -0.15) is 4.98 Å². The molecule has 1 aliphatic rings. The average Bonchev–Trinajstić information content (AvgIpc) is 3.38. The predicted octanol–water partition coefficient (Wildman–Crippen LogP) is 4.10. The number of carbonyl (C=O) groups excluding carboxylic acids is 1. The Morgan fingerprint density at radius 1 is 1.26 bits per heavy atom. The number of piperidine rings is 1. The van der Waals surface area contributed by atoms with Crippen LogP contribution in [0.15, 0.2) is 46.3 Å². The number of thiophene rings is 1. The second-order valence-corrected chi connectivity index (χ2v) is 7.70. The third-order valence-corrected chi connectivity index (χ3v) is 5.63. The monoisotopic (exact) mass is 383 g/mol. The summed E-state index contributed by atoms with van der Waals surface area (Å²) in [4.78, 5) is 19.7. The largest absolute Gasteiger partial charge is 0.483 e. The molecule has 0 unspecified atom stereocenters. The van der Waals surface area contributed by atoms with E-state index in [2.05, 4.69) is 17.1 Å². The van der Waals surface area contributed by atoms with Crippen molar-refractivity contribution in [1.29, 1.82) is 0 Å². The quantitative estimate of drug-likeness (QED) is 0.663. The van der Waals surface area contributed by atoms with E-state index >= 15 is 0 Å². The Hall–Kier alpha value is -2.67. The van der Waals surface area contributed by atoms with Gasteiger partial charge in [-0.3, -0.25) is 4.79 Å². The first-order chi connectivity index (χ1) is 13.2. The summed E-state index contributed by atoms with van der Waals surface area (Å²) in [6.07, 6.45) is 2.10. The molecule has 140 valence electrons. The first kappa shape index (κ1) is 17.7. The molecule has 1 fully saturated rings. The first-order valence-corrected chi connectivity index (χ1v) is 9.96. The molecule has 0 atom stereocenters. The summed E-state index contributed by atoms with van der Waals surface area (Å²) in [7, 11) is 0. The number of nitrogens with zero attached hydrogens (tertiary/aromatic N) is 3. The van der Waals surface area contributed by atoms with Crippen molar-refractivity contribution in [2.24, 2.45) is 5.92 Å². The highest BCUT2D eigenvalue weighted by Crippen LogP contribution is 2.31. The van der Waals surface area contributed by atoms with Crippen molar-refractivity contribution in [2.75, 3.05) is 19.7 Å². The molecular weight excluding hydrogens is 362 g/mol. The zero-order valence-electron chi connectivity index (χ0n) is 15.1. The third-order valence-electron chi connectivity index (χ3n) is 4.77. The number of rotatable bonds is 5. The van der Waals surface area contributed by atoms with E-state index in [1.165, 1.54) is 0 Å². The lowest BCUT2D eigenvalue weighted by molar-refractivity contribution is -0.134. The van der Waals surface area contributed by atoms with Crippen LogP contribution in [-0.4, -0.2) is 40.6 Å². The van der Waals surface area contributed by atoms with Gasteiger partial charge in [-0.25, -0.2) is 0 Å². The number of likely N-dealkylation sites (tertiary alicyclic amines) is 1. The number of amides is 1. The van der Waals surface area contributed by atoms with Gasteiger partial charge >= 0.3 is 0 Å². The molecule has 3 heterocycles. The van der Waals surface area contributed by atoms with Crippen LogP contribution in [0.4, 0.5) is 0 Å². The van der Waals surface area contributed by atoms with Crippen LogP contribution in [0.3, 0.4) is 0 Å². The fraction of sp³-hybridized carbons (Fsp3) is 0.350. The molecule has 1 amide bonds. The molecule has 1 saturated heterocycles. The summed E-state index contributed by atoms with van der Waals surface area (Å²) in [5.41, 5.74) is 0.712. The number of para-hydroxylation sites is 1. The molecule has 27 heavy (non-hydrogen) atoms. The Morgan fingerprint density at radius 3 is 2.85 bits per heavy atom. The van der Waals surface area contributed by atoms with Gasteiger partial charge in [0.2, 0.25) is 5.82 Å². The van der Waals surface area contributed by atoms with Gasteiger partial charge in [0.1, 0.15) is 5.75 Å². The fourth-order valence-electron chi connectivity index (χ4n) is 3.10. The number of ether oxygens (including phenoxy) is 1. The van der Waals surface area contributed by atoms with E-state index in [-0.39, 0.29) is 12.5 Å². The summed E-state index contributed by atoms with van der Waals surface area (Å²) in [6.45, 7) is 3.85. The van der Waals surface area contributed by atoms with Crippen molar-refractivity contribution in [3.05, 3.63) is 41.8 Å². The van der Waals surface area contributed by atoms with Crippen LogP contribution in [0.25, 0.3) is 22.2 Å². The lowest BCUT2D eigenvalue weighted by Crippen LogP contribution is -2.40. The zero-order valence-corrected chi connectivity index (χ0v) is 15.9. The van der Waals surface area contributed by atoms with Gasteiger partial charge in [0, 0.05) is 13.1 Å². The van der Waals surface area contributed by atoms with Crippen LogP contribution in [0.5, 0.6) is 5.75 Å². The molecule has 0 saturated carbocycles. The number of carbonyl (C=O) groups is 1. The van der Waals surface area contributed by atoms with E-state index in [9.17, 15) is 4.79 Å². The Morgan fingerprint density at radius 2 is 2.07 bits per heavy atom. The lowest BCUT2D eigenvalue weighted by atomic mass is 9.99. The van der Waals surface area contributed by atoms with Crippen molar-refractivity contribution in [1.82, 2.24) is 15.0 Å². The molecule has 0 aliphatic carbocycles. The minimum atomic E-state index is 0.0149. The molecule has 1 aliphatic heterocycles. The lowest BCUT2D eigenvalue weighted by Gasteiger charge is -2.30. The van der Waals surface area contributed by atoms with Crippen LogP contribution in [0, 0.1) is 5.92 Å². The predicted molar refractivity (Wildman–Crippen MR) is 104 cm³/mol. The normalized spacial score (nSPS) is 15.1. The van der Waals surface area contributed by atoms with Gasteiger partial charge in [-0.1, -0.05) is 30.3 Å². The number of benzene rings is 1. The molecule has 6 nitrogen and oxygen atoms in total. The van der Waals surface area contributed by atoms with Crippen LogP contribution >= 0.6 is 11.3 Å². The van der Waals surface area contributed by atoms with Crippen molar-refractivity contribution in [2.45, 2.75) is 19.8 Å². The van der Waals surface area contributed by atoms with Gasteiger partial charge in [0.25, 0.3) is 11.8 Å². The molecule has 7 heteroatoms. The first-order valence-electron chi connectivity index (χ1n) is 9.08. The Labute approximate surface area is 161 Å². The molecule has 3 aromatic rings. The summed E-state index contributed by atoms with van der Waals surface area (Å²) >= 11 is 1.54. The second-order valence-electron chi connectivity index (χ2n) is 6.75. The van der Waals surface area contributed by atoms with Gasteiger partial charge in [0.05, 0.1) is 10.4 Å². The second kappa shape index (κ2) is 7.92. The molecule has 1 aromatic carbocycles. The highest BCUT2D eigenvalue weighted by atomic mass is 32.1. The minimum absolute atomic E-state index is 0.0149. The standard InChI is InChI=1S/C20H21N3O3S/c1-14-8-10-23(11-9-14)18(24)13-25-16-6-3-2-5-15(16)19-21-20(26-22-19)17-7-4-12-27-17/h2-7,12,14H,8-11,13H2,1H3. The molecular formula is C20H21N3O3S. The maximum absolute atomic E-state index is 12.4. The van der Waals surface area contributed by atoms with Gasteiger partial charge < -0.3 is 14.2 Å². The number of aromatic nitrogens is 2. The topological polar surface area (TPSA) is 68.5 Å². The third kappa shape index (κ3) is 4.03. The van der Waals surface area contributed by atoms with E-state index in [4.69, 9.17) is 9.26 Å². The smallest absolute Gasteiger partial charge is 0.268 e. The Balaban J connectivity index is 1.46.